The van der Waals surface area contributed by atoms with E-state index in [0.29, 0.717) is 0 Å². The van der Waals surface area contributed by atoms with Crippen molar-refractivity contribution in [3.05, 3.63) is 0 Å². The molecule has 0 atom stereocenters. The summed E-state index contributed by atoms with van der Waals surface area (Å²) in [5.74, 6) is 0. The van der Waals surface area contributed by atoms with E-state index in [1.807, 2.05) is 0 Å². The first-order chi connectivity index (χ1) is 5.81. The fourth-order valence-electron chi connectivity index (χ4n) is 1.27. The molecule has 0 aromatic heterocycles. The normalized spacial score (nSPS) is 10.2. The van der Waals surface area contributed by atoms with Crippen molar-refractivity contribution in [2.45, 2.75) is 61.2 Å². The molecule has 0 saturated heterocycles. The van der Waals surface area contributed by atoms with Crippen molar-refractivity contribution in [3.63, 3.8) is 0 Å². The molecule has 2 heteroatoms. The van der Waals surface area contributed by atoms with Gasteiger partial charge in [-0.05, 0) is 0 Å². The van der Waals surface area contributed by atoms with Crippen LogP contribution in [0.2, 0.25) is 8.87 Å². The van der Waals surface area contributed by atoms with Gasteiger partial charge < -0.3 is 0 Å². The number of hydrogen-bond acceptors (Lipinski definition) is 1. The van der Waals surface area contributed by atoms with Crippen LogP contribution in [-0.4, -0.2) is 17.8 Å². The minimum absolute atomic E-state index is 1.20. The summed E-state index contributed by atoms with van der Waals surface area (Å²) in [6.07, 6.45) is 8.38. The van der Waals surface area contributed by atoms with Crippen molar-refractivity contribution in [2.24, 2.45) is 0 Å². The first kappa shape index (κ1) is 13.0. The third-order valence-electron chi connectivity index (χ3n) is 2.12. The van der Waals surface area contributed by atoms with Crippen LogP contribution in [0.15, 0.2) is 0 Å². The van der Waals surface area contributed by atoms with Gasteiger partial charge in [0, 0.05) is 0 Å². The maximum absolute atomic E-state index is 5.56. The molecule has 0 aliphatic heterocycles. The van der Waals surface area contributed by atoms with Crippen LogP contribution in [0, 0.1) is 0 Å². The fourth-order valence-corrected chi connectivity index (χ4v) is 7.60. The van der Waals surface area contributed by atoms with Crippen molar-refractivity contribution in [3.8, 4) is 0 Å². The Bertz CT molecular complexity index is 100. The molecule has 0 N–H and O–H groups in total. The zero-order valence-electron chi connectivity index (χ0n) is 8.57. The van der Waals surface area contributed by atoms with Crippen molar-refractivity contribution < 1.29 is 0 Å². The van der Waals surface area contributed by atoms with Crippen LogP contribution in [0.5, 0.6) is 0 Å². The average molecular weight is 293 g/mol. The summed E-state index contributed by atoms with van der Waals surface area (Å²) in [4.78, 5) is 0. The maximum atomic E-state index is 5.56. The van der Waals surface area contributed by atoms with E-state index in [1.54, 1.807) is 0 Å². The molecular formula is C10H22SSn. The topological polar surface area (TPSA) is 0 Å². The Morgan fingerprint density at radius 2 is 1.25 bits per heavy atom. The van der Waals surface area contributed by atoms with Gasteiger partial charge in [0.05, 0.1) is 0 Å². The molecule has 0 radical (unpaired) electrons. The van der Waals surface area contributed by atoms with Crippen LogP contribution < -0.4 is 0 Å². The Hall–Kier alpha value is 1.02. The van der Waals surface area contributed by atoms with Gasteiger partial charge in [0.15, 0.2) is 0 Å². The zero-order valence-corrected chi connectivity index (χ0v) is 12.2. The van der Waals surface area contributed by atoms with Crippen LogP contribution in [0.3, 0.4) is 0 Å². The molecule has 0 fully saturated rings. The van der Waals surface area contributed by atoms with Gasteiger partial charge in [-0.3, -0.25) is 0 Å². The van der Waals surface area contributed by atoms with E-state index < -0.39 is 17.8 Å². The van der Waals surface area contributed by atoms with Gasteiger partial charge in [-0.25, -0.2) is 0 Å². The minimum atomic E-state index is -1.20. The predicted molar refractivity (Wildman–Crippen MR) is 62.0 cm³/mol. The average Bonchev–Trinajstić information content (AvgIpc) is 2.06. The molecule has 0 aliphatic rings. The Balaban J connectivity index is 3.10. The summed E-state index contributed by atoms with van der Waals surface area (Å²) in [5, 5.41) is 0. The molecule has 0 bridgehead atoms. The van der Waals surface area contributed by atoms with Gasteiger partial charge in [-0.15, -0.1) is 0 Å². The van der Waals surface area contributed by atoms with E-state index in [1.165, 1.54) is 47.4 Å². The molecule has 0 spiro atoms. The van der Waals surface area contributed by atoms with Crippen molar-refractivity contribution in [1.82, 2.24) is 0 Å². The van der Waals surface area contributed by atoms with Gasteiger partial charge in [-0.1, -0.05) is 0 Å². The molecule has 0 saturated carbocycles. The van der Waals surface area contributed by atoms with Gasteiger partial charge in [0.25, 0.3) is 0 Å². The first-order valence-electron chi connectivity index (χ1n) is 5.33. The molecule has 0 unspecified atom stereocenters. The van der Waals surface area contributed by atoms with Crippen molar-refractivity contribution in [1.29, 1.82) is 0 Å². The molecular weight excluding hydrogens is 271 g/mol. The first-order valence-corrected chi connectivity index (χ1v) is 13.3. The standard InChI is InChI=1S/2C5H11.S.Sn/c2*1-3-5-4-2;;/h2*1,3-5H2,2H3;;. The molecule has 0 amide bonds. The third-order valence-corrected chi connectivity index (χ3v) is 10.1. The summed E-state index contributed by atoms with van der Waals surface area (Å²) in [5.41, 5.74) is 0. The van der Waals surface area contributed by atoms with Crippen LogP contribution in [0.25, 0.3) is 0 Å². The second kappa shape index (κ2) is 10.1. The van der Waals surface area contributed by atoms with Crippen molar-refractivity contribution >= 4 is 27.1 Å². The van der Waals surface area contributed by atoms with Crippen LogP contribution in [-0.2, 0) is 0 Å². The van der Waals surface area contributed by atoms with E-state index in [4.69, 9.17) is 9.29 Å². The van der Waals surface area contributed by atoms with Crippen LogP contribution in [0.1, 0.15) is 52.4 Å². The summed E-state index contributed by atoms with van der Waals surface area (Å²) >= 11 is -1.20. The second-order valence-electron chi connectivity index (χ2n) is 3.45. The monoisotopic (exact) mass is 294 g/mol. The van der Waals surface area contributed by atoms with E-state index in [0.717, 1.165) is 0 Å². The van der Waals surface area contributed by atoms with Crippen LogP contribution >= 0.6 is 9.29 Å². The SMILES string of the molecule is CCCC[CH2][Sn](=[S])[CH2]CCCC. The van der Waals surface area contributed by atoms with Crippen molar-refractivity contribution in [2.75, 3.05) is 0 Å². The molecule has 0 nitrogen and oxygen atoms in total. The third kappa shape index (κ3) is 9.11. The zero-order chi connectivity index (χ0) is 9.23. The van der Waals surface area contributed by atoms with Gasteiger partial charge in [0.1, 0.15) is 0 Å². The van der Waals surface area contributed by atoms with Gasteiger partial charge >= 0.3 is 88.4 Å². The fraction of sp³-hybridized carbons (Fsp3) is 1.00. The van der Waals surface area contributed by atoms with E-state index in [-0.39, 0.29) is 0 Å². The van der Waals surface area contributed by atoms with Gasteiger partial charge in [-0.2, -0.15) is 0 Å². The molecule has 0 rings (SSSR count). The number of rotatable bonds is 8. The van der Waals surface area contributed by atoms with E-state index in [2.05, 4.69) is 13.8 Å². The summed E-state index contributed by atoms with van der Waals surface area (Å²) in [6.45, 7) is 4.53. The molecule has 12 heavy (non-hydrogen) atoms. The number of hydrogen-bond donors (Lipinski definition) is 0. The van der Waals surface area contributed by atoms with Gasteiger partial charge in [0.2, 0.25) is 0 Å². The molecule has 0 aromatic rings. The second-order valence-corrected chi connectivity index (χ2v) is 13.3. The van der Waals surface area contributed by atoms with E-state index in [9.17, 15) is 0 Å². The Labute approximate surface area is 88.0 Å². The summed E-state index contributed by atoms with van der Waals surface area (Å²) in [7, 11) is 5.56. The predicted octanol–water partition coefficient (Wildman–Crippen LogP) is 4.56. The Kier molecular flexibility index (Phi) is 11.0. The Morgan fingerprint density at radius 1 is 0.833 bits per heavy atom. The molecule has 72 valence electrons. The summed E-state index contributed by atoms with van der Waals surface area (Å²) < 4.78 is 2.93. The molecule has 0 aliphatic carbocycles. The molecule has 0 aromatic carbocycles. The van der Waals surface area contributed by atoms with Crippen LogP contribution in [0.4, 0.5) is 0 Å². The van der Waals surface area contributed by atoms with E-state index >= 15 is 0 Å². The summed E-state index contributed by atoms with van der Waals surface area (Å²) in [6, 6.07) is 0. The Morgan fingerprint density at radius 3 is 1.58 bits per heavy atom. The quantitative estimate of drug-likeness (QED) is 0.467. The molecule has 0 heterocycles. The number of unbranched alkanes of at least 4 members (excludes halogenated alkanes) is 4.